The van der Waals surface area contributed by atoms with Crippen LogP contribution in [0.25, 0.3) is 10.4 Å². The summed E-state index contributed by atoms with van der Waals surface area (Å²) in [4.78, 5) is 6.20. The molecule has 2 N–H and O–H groups in total. The molecule has 0 aromatic heterocycles. The lowest BCUT2D eigenvalue weighted by atomic mass is 10.1. The molecule has 0 unspecified atom stereocenters. The Labute approximate surface area is 123 Å². The van der Waals surface area contributed by atoms with Crippen LogP contribution in [0, 0.1) is 23.3 Å². The minimum Gasteiger partial charge on any atom is -0.460 e. The van der Waals surface area contributed by atoms with Gasteiger partial charge in [0.05, 0.1) is 0 Å². The number of rotatable bonds is 6. The summed E-state index contributed by atoms with van der Waals surface area (Å²) in [6.07, 6.45) is 0.516. The highest BCUT2D eigenvalue weighted by molar-refractivity contribution is 5.89. The Balaban J connectivity index is 3.20. The van der Waals surface area contributed by atoms with Gasteiger partial charge in [0, 0.05) is 17.9 Å². The maximum Gasteiger partial charge on any atom is 0.372 e. The Bertz CT molecular complexity index is 612. The third kappa shape index (κ3) is 3.86. The van der Waals surface area contributed by atoms with E-state index in [1.54, 1.807) is 0 Å². The first-order valence-electron chi connectivity index (χ1n) is 6.17. The van der Waals surface area contributed by atoms with Gasteiger partial charge >= 0.3 is 5.90 Å². The molecule has 0 radical (unpaired) electrons. The summed E-state index contributed by atoms with van der Waals surface area (Å²) in [7, 11) is 3.62. The second-order valence-corrected chi connectivity index (χ2v) is 4.60. The average Bonchev–Trinajstić information content (AvgIpc) is 2.46. The van der Waals surface area contributed by atoms with Crippen LogP contribution < -0.4 is 4.99 Å². The molecule has 0 aliphatic carbocycles. The SMILES string of the molecule is CN(C)CCC[NH+]=C(O)c1c(F)c(F)c(N=[N+]=[N-])c(F)c1F. The molecule has 1 aromatic rings. The first-order valence-corrected chi connectivity index (χ1v) is 6.17. The maximum absolute atomic E-state index is 13.7. The van der Waals surface area contributed by atoms with Gasteiger partial charge in [0.2, 0.25) is 0 Å². The Hall–Kier alpha value is -2.32. The van der Waals surface area contributed by atoms with Crippen molar-refractivity contribution in [2.24, 2.45) is 5.11 Å². The molecule has 0 aliphatic rings. The van der Waals surface area contributed by atoms with Crippen LogP contribution in [0.3, 0.4) is 0 Å². The van der Waals surface area contributed by atoms with Crippen LogP contribution in [0.4, 0.5) is 23.2 Å². The molecule has 22 heavy (non-hydrogen) atoms. The smallest absolute Gasteiger partial charge is 0.372 e. The van der Waals surface area contributed by atoms with E-state index in [0.717, 1.165) is 0 Å². The molecule has 0 spiro atoms. The zero-order chi connectivity index (χ0) is 16.9. The van der Waals surface area contributed by atoms with Crippen LogP contribution in [-0.2, 0) is 0 Å². The average molecular weight is 320 g/mol. The second-order valence-electron chi connectivity index (χ2n) is 4.60. The van der Waals surface area contributed by atoms with Crippen molar-refractivity contribution in [3.05, 3.63) is 39.3 Å². The molecule has 10 heteroatoms. The van der Waals surface area contributed by atoms with Crippen molar-refractivity contribution in [3.63, 3.8) is 0 Å². The molecule has 0 bridgehead atoms. The van der Waals surface area contributed by atoms with Crippen LogP contribution in [0.2, 0.25) is 0 Å². The van der Waals surface area contributed by atoms with Gasteiger partial charge in [-0.25, -0.2) is 22.6 Å². The van der Waals surface area contributed by atoms with Crippen LogP contribution in [-0.4, -0.2) is 43.1 Å². The molecule has 0 aliphatic heterocycles. The van der Waals surface area contributed by atoms with Crippen molar-refractivity contribution in [2.45, 2.75) is 6.42 Å². The minimum absolute atomic E-state index is 0.129. The van der Waals surface area contributed by atoms with Gasteiger partial charge in [0.15, 0.2) is 28.8 Å². The standard InChI is InChI=1S/C12H13F4N5O/c1-21(2)5-3-4-18-12(22)6-7(13)9(15)11(19-20-17)10(16)8(6)14/h3-5H2,1-2H3,(H,18,22)/p+1. The lowest BCUT2D eigenvalue weighted by molar-refractivity contribution is -0.466. The van der Waals surface area contributed by atoms with Crippen molar-refractivity contribution < 1.29 is 27.7 Å². The number of aliphatic hydroxyl groups is 1. The van der Waals surface area contributed by atoms with Gasteiger partial charge in [-0.15, -0.1) is 0 Å². The van der Waals surface area contributed by atoms with Crippen LogP contribution in [0.15, 0.2) is 5.11 Å². The second kappa shape index (κ2) is 7.62. The van der Waals surface area contributed by atoms with E-state index in [0.29, 0.717) is 13.0 Å². The zero-order valence-electron chi connectivity index (χ0n) is 11.9. The number of halogens is 4. The van der Waals surface area contributed by atoms with Gasteiger partial charge in [0.1, 0.15) is 12.2 Å². The molecule has 1 aromatic carbocycles. The van der Waals surface area contributed by atoms with E-state index in [1.807, 2.05) is 19.0 Å². The van der Waals surface area contributed by atoms with Gasteiger partial charge in [-0.05, 0) is 19.6 Å². The Morgan fingerprint density at radius 1 is 1.18 bits per heavy atom. The van der Waals surface area contributed by atoms with Crippen LogP contribution >= 0.6 is 0 Å². The zero-order valence-corrected chi connectivity index (χ0v) is 11.9. The first kappa shape index (κ1) is 17.7. The number of azide groups is 1. The fourth-order valence-corrected chi connectivity index (χ4v) is 1.65. The number of nitrogens with zero attached hydrogens (tertiary/aromatic N) is 4. The number of hydrogen-bond acceptors (Lipinski definition) is 2. The van der Waals surface area contributed by atoms with E-state index in [4.69, 9.17) is 5.53 Å². The topological polar surface area (TPSA) is 86.2 Å². The van der Waals surface area contributed by atoms with Crippen molar-refractivity contribution in [2.75, 3.05) is 27.2 Å². The van der Waals surface area contributed by atoms with E-state index in [2.05, 4.69) is 15.0 Å². The molecule has 0 saturated heterocycles. The summed E-state index contributed by atoms with van der Waals surface area (Å²) in [6.45, 7) is 0.758. The van der Waals surface area contributed by atoms with E-state index >= 15 is 0 Å². The molecule has 0 heterocycles. The summed E-state index contributed by atoms with van der Waals surface area (Å²) in [5.74, 6) is -8.50. The van der Waals surface area contributed by atoms with E-state index in [-0.39, 0.29) is 6.54 Å². The minimum atomic E-state index is -1.88. The number of benzene rings is 1. The summed E-state index contributed by atoms with van der Waals surface area (Å²) in [5, 5.41) is 12.1. The van der Waals surface area contributed by atoms with E-state index in [9.17, 15) is 22.7 Å². The lowest BCUT2D eigenvalue weighted by Gasteiger charge is -2.06. The number of nitrogens with one attached hydrogen (secondary N) is 1. The van der Waals surface area contributed by atoms with Gasteiger partial charge in [-0.1, -0.05) is 5.11 Å². The molecule has 0 saturated carbocycles. The van der Waals surface area contributed by atoms with Gasteiger partial charge in [0.25, 0.3) is 0 Å². The maximum atomic E-state index is 13.7. The number of aliphatic hydroxyl groups excluding tert-OH is 1. The van der Waals surface area contributed by atoms with Crippen LogP contribution in [0.1, 0.15) is 12.0 Å². The summed E-state index contributed by atoms with van der Waals surface area (Å²) in [6, 6.07) is 0. The number of hydrogen-bond donors (Lipinski definition) is 2. The Morgan fingerprint density at radius 2 is 1.73 bits per heavy atom. The van der Waals surface area contributed by atoms with E-state index < -0.39 is 40.4 Å². The summed E-state index contributed by atoms with van der Waals surface area (Å²) < 4.78 is 54.5. The van der Waals surface area contributed by atoms with Gasteiger partial charge < -0.3 is 10.0 Å². The predicted octanol–water partition coefficient (Wildman–Crippen LogP) is 1.52. The Morgan fingerprint density at radius 3 is 2.18 bits per heavy atom. The predicted molar refractivity (Wildman–Crippen MR) is 70.8 cm³/mol. The molecule has 0 amide bonds. The molecule has 1 rings (SSSR count). The molecule has 0 atom stereocenters. The third-order valence-electron chi connectivity index (χ3n) is 2.70. The fourth-order valence-electron chi connectivity index (χ4n) is 1.65. The molecule has 0 fully saturated rings. The highest BCUT2D eigenvalue weighted by Crippen LogP contribution is 2.30. The first-order chi connectivity index (χ1) is 10.3. The lowest BCUT2D eigenvalue weighted by Crippen LogP contribution is -2.74. The van der Waals surface area contributed by atoms with Crippen molar-refractivity contribution in [1.82, 2.24) is 4.90 Å². The largest absolute Gasteiger partial charge is 0.460 e. The van der Waals surface area contributed by atoms with Gasteiger partial charge in [-0.2, -0.15) is 0 Å². The fraction of sp³-hybridized carbons (Fsp3) is 0.417. The molecule has 120 valence electrons. The van der Waals surface area contributed by atoms with Crippen molar-refractivity contribution in [3.8, 4) is 0 Å². The molecular weight excluding hydrogens is 306 g/mol. The highest BCUT2D eigenvalue weighted by atomic mass is 19.2. The molecule has 6 nitrogen and oxygen atoms in total. The Kier molecular flexibility index (Phi) is 6.14. The third-order valence-corrected chi connectivity index (χ3v) is 2.70. The van der Waals surface area contributed by atoms with Crippen molar-refractivity contribution >= 4 is 11.6 Å². The van der Waals surface area contributed by atoms with Crippen LogP contribution in [0.5, 0.6) is 0 Å². The summed E-state index contributed by atoms with van der Waals surface area (Å²) in [5.41, 5.74) is 5.42. The normalized spacial score (nSPS) is 11.7. The quantitative estimate of drug-likeness (QED) is 0.122. The molecular formula is C12H14F4N5O+. The van der Waals surface area contributed by atoms with Gasteiger partial charge in [-0.3, -0.25) is 0 Å². The van der Waals surface area contributed by atoms with E-state index in [1.165, 1.54) is 0 Å². The monoisotopic (exact) mass is 320 g/mol. The van der Waals surface area contributed by atoms with Crippen molar-refractivity contribution in [1.29, 1.82) is 0 Å². The highest BCUT2D eigenvalue weighted by Gasteiger charge is 2.30. The summed E-state index contributed by atoms with van der Waals surface area (Å²) >= 11 is 0.